The number of rotatable bonds is 5. The van der Waals surface area contributed by atoms with Crippen molar-refractivity contribution in [2.45, 2.75) is 32.4 Å². The third-order valence-electron chi connectivity index (χ3n) is 3.89. The summed E-state index contributed by atoms with van der Waals surface area (Å²) in [6, 6.07) is 5.93. The van der Waals surface area contributed by atoms with Crippen LogP contribution in [0.2, 0.25) is 0 Å². The number of aromatic nitrogens is 2. The second-order valence-corrected chi connectivity index (χ2v) is 5.78. The summed E-state index contributed by atoms with van der Waals surface area (Å²) in [5.74, 6) is 1.43. The number of aryl methyl sites for hydroxylation is 2. The van der Waals surface area contributed by atoms with Crippen LogP contribution in [-0.2, 0) is 17.7 Å². The van der Waals surface area contributed by atoms with Crippen molar-refractivity contribution >= 4 is 5.82 Å². The molecule has 6 heteroatoms. The first-order valence-electron chi connectivity index (χ1n) is 7.65. The molecule has 2 aromatic rings. The first-order valence-corrected chi connectivity index (χ1v) is 7.65. The van der Waals surface area contributed by atoms with Gasteiger partial charge in [0, 0.05) is 31.9 Å². The summed E-state index contributed by atoms with van der Waals surface area (Å²) in [6.07, 6.45) is 3.94. The van der Waals surface area contributed by atoms with Crippen LogP contribution in [0, 0.1) is 6.92 Å². The zero-order chi connectivity index (χ0) is 15.4. The zero-order valence-electron chi connectivity index (χ0n) is 12.9. The highest BCUT2D eigenvalue weighted by molar-refractivity contribution is 5.31. The van der Waals surface area contributed by atoms with Gasteiger partial charge < -0.3 is 15.0 Å². The highest BCUT2D eigenvalue weighted by Crippen LogP contribution is 2.15. The Kier molecular flexibility index (Phi) is 4.70. The van der Waals surface area contributed by atoms with Crippen LogP contribution >= 0.6 is 0 Å². The number of hydrogen-bond donors (Lipinski definition) is 1. The quantitative estimate of drug-likeness (QED) is 0.907. The van der Waals surface area contributed by atoms with Crippen LogP contribution in [0.15, 0.2) is 28.9 Å². The topological polar surface area (TPSA) is 77.4 Å². The average Bonchev–Trinajstić information content (AvgIpc) is 2.91. The van der Waals surface area contributed by atoms with Gasteiger partial charge in [-0.1, -0.05) is 5.16 Å². The van der Waals surface area contributed by atoms with E-state index in [-0.39, 0.29) is 6.10 Å². The Morgan fingerprint density at radius 1 is 1.41 bits per heavy atom. The Morgan fingerprint density at radius 2 is 2.32 bits per heavy atom. The molecule has 0 amide bonds. The molecule has 2 N–H and O–H groups in total. The van der Waals surface area contributed by atoms with Gasteiger partial charge in [-0.2, -0.15) is 0 Å². The second kappa shape index (κ2) is 6.89. The van der Waals surface area contributed by atoms with Crippen molar-refractivity contribution in [3.05, 3.63) is 41.4 Å². The van der Waals surface area contributed by atoms with Crippen LogP contribution in [0.3, 0.4) is 0 Å². The van der Waals surface area contributed by atoms with Crippen molar-refractivity contribution in [3.8, 4) is 0 Å². The van der Waals surface area contributed by atoms with E-state index in [0.717, 1.165) is 50.5 Å². The lowest BCUT2D eigenvalue weighted by atomic mass is 10.1. The van der Waals surface area contributed by atoms with E-state index in [4.69, 9.17) is 15.0 Å². The molecule has 2 aromatic heterocycles. The summed E-state index contributed by atoms with van der Waals surface area (Å²) in [4.78, 5) is 6.39. The Hall–Kier alpha value is -1.92. The Labute approximate surface area is 130 Å². The Bertz CT molecular complexity index is 614. The van der Waals surface area contributed by atoms with E-state index in [0.29, 0.717) is 5.82 Å². The van der Waals surface area contributed by atoms with E-state index in [1.807, 2.05) is 25.1 Å². The maximum absolute atomic E-state index is 5.87. The number of pyridine rings is 1. The van der Waals surface area contributed by atoms with Gasteiger partial charge >= 0.3 is 0 Å². The maximum Gasteiger partial charge on any atom is 0.133 e. The predicted molar refractivity (Wildman–Crippen MR) is 83.2 cm³/mol. The molecule has 22 heavy (non-hydrogen) atoms. The molecule has 1 aliphatic rings. The molecule has 1 atom stereocenters. The number of nitrogens with zero attached hydrogens (tertiary/aromatic N) is 3. The van der Waals surface area contributed by atoms with E-state index in [1.54, 1.807) is 6.20 Å². The van der Waals surface area contributed by atoms with Gasteiger partial charge in [-0.25, -0.2) is 4.98 Å². The lowest BCUT2D eigenvalue weighted by molar-refractivity contribution is -0.0351. The fraction of sp³-hybridized carbons (Fsp3) is 0.500. The largest absolute Gasteiger partial charge is 0.384 e. The fourth-order valence-corrected chi connectivity index (χ4v) is 2.80. The van der Waals surface area contributed by atoms with Gasteiger partial charge in [-0.05, 0) is 37.5 Å². The molecule has 1 aliphatic heterocycles. The van der Waals surface area contributed by atoms with Crippen LogP contribution in [-0.4, -0.2) is 40.8 Å². The molecule has 0 bridgehead atoms. The minimum Gasteiger partial charge on any atom is -0.384 e. The van der Waals surface area contributed by atoms with Crippen LogP contribution in [0.4, 0.5) is 5.82 Å². The van der Waals surface area contributed by atoms with Gasteiger partial charge in [-0.3, -0.25) is 4.90 Å². The standard InChI is InChI=1S/C16H22N4O2/c1-12-8-14(19-22-12)10-20-6-7-21-15(11-20)3-2-13-4-5-18-16(17)9-13/h4-5,8-9,15H,2-3,6-7,10-11H2,1H3,(H2,17,18). The smallest absolute Gasteiger partial charge is 0.133 e. The fourth-order valence-electron chi connectivity index (χ4n) is 2.80. The lowest BCUT2D eigenvalue weighted by Gasteiger charge is -2.32. The second-order valence-electron chi connectivity index (χ2n) is 5.78. The van der Waals surface area contributed by atoms with Gasteiger partial charge in [-0.15, -0.1) is 0 Å². The normalized spacial score (nSPS) is 19.4. The van der Waals surface area contributed by atoms with Crippen molar-refractivity contribution < 1.29 is 9.26 Å². The van der Waals surface area contributed by atoms with Crippen molar-refractivity contribution in [1.82, 2.24) is 15.0 Å². The summed E-state index contributed by atoms with van der Waals surface area (Å²) in [7, 11) is 0. The Balaban J connectivity index is 1.50. The molecule has 0 aliphatic carbocycles. The van der Waals surface area contributed by atoms with Crippen LogP contribution in [0.1, 0.15) is 23.4 Å². The highest BCUT2D eigenvalue weighted by atomic mass is 16.5. The summed E-state index contributed by atoms with van der Waals surface area (Å²) in [6.45, 7) is 5.36. The van der Waals surface area contributed by atoms with Crippen molar-refractivity contribution in [2.75, 3.05) is 25.4 Å². The van der Waals surface area contributed by atoms with Gasteiger partial charge in [0.15, 0.2) is 0 Å². The SMILES string of the molecule is Cc1cc(CN2CCOC(CCc3ccnc(N)c3)C2)no1. The maximum atomic E-state index is 5.87. The van der Waals surface area contributed by atoms with Crippen LogP contribution in [0.25, 0.3) is 0 Å². The van der Waals surface area contributed by atoms with E-state index in [9.17, 15) is 0 Å². The Morgan fingerprint density at radius 3 is 3.09 bits per heavy atom. The molecule has 3 heterocycles. The minimum atomic E-state index is 0.246. The number of ether oxygens (including phenoxy) is 1. The minimum absolute atomic E-state index is 0.246. The van der Waals surface area contributed by atoms with Crippen LogP contribution < -0.4 is 5.73 Å². The monoisotopic (exact) mass is 302 g/mol. The molecular weight excluding hydrogens is 280 g/mol. The number of nitrogen functional groups attached to an aromatic ring is 1. The predicted octanol–water partition coefficient (Wildman–Crippen LogP) is 1.79. The van der Waals surface area contributed by atoms with Gasteiger partial charge in [0.1, 0.15) is 11.6 Å². The highest BCUT2D eigenvalue weighted by Gasteiger charge is 2.21. The van der Waals surface area contributed by atoms with Gasteiger partial charge in [0.2, 0.25) is 0 Å². The van der Waals surface area contributed by atoms with Gasteiger partial charge in [0.25, 0.3) is 0 Å². The molecule has 1 unspecified atom stereocenters. The molecule has 0 aromatic carbocycles. The molecule has 6 nitrogen and oxygen atoms in total. The van der Waals surface area contributed by atoms with E-state index in [1.165, 1.54) is 5.56 Å². The molecule has 118 valence electrons. The lowest BCUT2D eigenvalue weighted by Crippen LogP contribution is -2.42. The van der Waals surface area contributed by atoms with Crippen molar-refractivity contribution in [3.63, 3.8) is 0 Å². The third-order valence-corrected chi connectivity index (χ3v) is 3.89. The summed E-state index contributed by atoms with van der Waals surface area (Å²) >= 11 is 0. The number of morpholine rings is 1. The molecule has 1 saturated heterocycles. The number of hydrogen-bond acceptors (Lipinski definition) is 6. The summed E-state index contributed by atoms with van der Waals surface area (Å²) in [5, 5.41) is 4.06. The first-order chi connectivity index (χ1) is 10.7. The molecule has 0 radical (unpaired) electrons. The van der Waals surface area contributed by atoms with E-state index < -0.39 is 0 Å². The number of anilines is 1. The molecule has 0 saturated carbocycles. The summed E-state index contributed by atoms with van der Waals surface area (Å²) in [5.41, 5.74) is 7.91. The summed E-state index contributed by atoms with van der Waals surface area (Å²) < 4.78 is 11.0. The van der Waals surface area contributed by atoms with Crippen molar-refractivity contribution in [1.29, 1.82) is 0 Å². The molecule has 0 spiro atoms. The van der Waals surface area contributed by atoms with Gasteiger partial charge in [0.05, 0.1) is 18.4 Å². The van der Waals surface area contributed by atoms with E-state index in [2.05, 4.69) is 15.0 Å². The molecule has 3 rings (SSSR count). The van der Waals surface area contributed by atoms with Crippen molar-refractivity contribution in [2.24, 2.45) is 0 Å². The number of nitrogens with two attached hydrogens (primary N) is 1. The third kappa shape index (κ3) is 4.05. The molecular formula is C16H22N4O2. The van der Waals surface area contributed by atoms with Crippen LogP contribution in [0.5, 0.6) is 0 Å². The zero-order valence-corrected chi connectivity index (χ0v) is 12.9. The average molecular weight is 302 g/mol. The first kappa shape index (κ1) is 15.0. The van der Waals surface area contributed by atoms with E-state index >= 15 is 0 Å². The molecule has 1 fully saturated rings.